The van der Waals surface area contributed by atoms with Crippen molar-refractivity contribution in [3.8, 4) is 0 Å². The monoisotopic (exact) mass is 230 g/mol. The Hall–Kier alpha value is 0.740. The third-order valence-electron chi connectivity index (χ3n) is 0.698. The Morgan fingerprint density at radius 3 is 2.67 bits per heavy atom. The zero-order valence-electron chi connectivity index (χ0n) is 3.24. The summed E-state index contributed by atoms with van der Waals surface area (Å²) in [6, 6.07) is 0. The minimum absolute atomic E-state index is 1.14. The Bertz CT molecular complexity index is 101. The second-order valence-electron chi connectivity index (χ2n) is 1.20. The van der Waals surface area contributed by atoms with Crippen molar-refractivity contribution in [2.45, 2.75) is 6.42 Å². The second kappa shape index (κ2) is 2.15. The van der Waals surface area contributed by atoms with Gasteiger partial charge in [-0.2, -0.15) is 0 Å². The molecule has 0 nitrogen and oxygen atoms in total. The van der Waals surface area contributed by atoms with Crippen LogP contribution in [0.1, 0.15) is 6.42 Å². The van der Waals surface area contributed by atoms with Gasteiger partial charge in [0.25, 0.3) is 0 Å². The van der Waals surface area contributed by atoms with Crippen molar-refractivity contribution >= 4 is 0 Å². The van der Waals surface area contributed by atoms with Crippen molar-refractivity contribution in [2.75, 3.05) is 0 Å². The number of hydrogen-bond acceptors (Lipinski definition) is 0. The fourth-order valence-corrected chi connectivity index (χ4v) is 0.819. The first-order valence-corrected chi connectivity index (χ1v) is 2.84. The van der Waals surface area contributed by atoms with Crippen LogP contribution in [0.3, 0.4) is 0 Å². The fraction of sp³-hybridized carbons (Fsp3) is 0.200. The zero-order valence-corrected chi connectivity index (χ0v) is 5.18. The molecule has 1 rings (SSSR count). The molecule has 0 aliphatic heterocycles. The van der Waals surface area contributed by atoms with Crippen LogP contribution in [-0.2, 0) is 0 Å². The van der Waals surface area contributed by atoms with Gasteiger partial charge in [-0.1, -0.05) is 0 Å². The van der Waals surface area contributed by atoms with Gasteiger partial charge in [-0.15, -0.1) is 0 Å². The fourth-order valence-electron chi connectivity index (χ4n) is 0.405. The van der Waals surface area contributed by atoms with Gasteiger partial charge < -0.3 is 0 Å². The zero-order chi connectivity index (χ0) is 4.41. The molecule has 0 aromatic carbocycles. The minimum atomic E-state index is 1.14. The molecule has 0 aromatic heterocycles. The molecule has 0 radical (unpaired) electrons. The van der Waals surface area contributed by atoms with Crippen LogP contribution >= 0.6 is 0 Å². The Balaban J connectivity index is 2.61. The molecular formula is C5H5Ho. The van der Waals surface area contributed by atoms with E-state index in [1.807, 2.05) is 0 Å². The quantitative estimate of drug-likeness (QED) is 0.551. The summed E-state index contributed by atoms with van der Waals surface area (Å²) in [5, 5.41) is 0. The molecule has 6 heavy (non-hydrogen) atoms. The van der Waals surface area contributed by atoms with Gasteiger partial charge in [0.2, 0.25) is 0 Å². The number of hydrogen-bond donors (Lipinski definition) is 0. The molecule has 0 atom stereocenters. The summed E-state index contributed by atoms with van der Waals surface area (Å²) in [5.41, 5.74) is 0. The summed E-state index contributed by atoms with van der Waals surface area (Å²) in [4.78, 5) is 0. The summed E-state index contributed by atoms with van der Waals surface area (Å²) in [7, 11) is 0. The van der Waals surface area contributed by atoms with Crippen molar-refractivity contribution in [2.24, 2.45) is 0 Å². The predicted octanol–water partition coefficient (Wildman–Crippen LogP) is 1.38. The number of allylic oxidation sites excluding steroid dienone is 4. The first-order valence-electron chi connectivity index (χ1n) is 1.87. The Kier molecular flexibility index (Phi) is 1.75. The average Bonchev–Trinajstić information content (AvgIpc) is 1.86. The first-order chi connectivity index (χ1) is 2.89. The van der Waals surface area contributed by atoms with Gasteiger partial charge in [-0.05, 0) is 0 Å². The molecule has 0 N–H and O–H groups in total. The van der Waals surface area contributed by atoms with E-state index in [9.17, 15) is 0 Å². The summed E-state index contributed by atoms with van der Waals surface area (Å²) in [6.45, 7) is 0. The normalized spacial score (nSPS) is 18.7. The maximum atomic E-state index is 2.49. The topological polar surface area (TPSA) is 0 Å². The van der Waals surface area contributed by atoms with Crippen LogP contribution in [0.4, 0.5) is 0 Å². The van der Waals surface area contributed by atoms with E-state index in [4.69, 9.17) is 0 Å². The molecule has 1 heteroatoms. The molecule has 0 spiro atoms. The van der Waals surface area contributed by atoms with Gasteiger partial charge in [0.05, 0.1) is 0 Å². The third kappa shape index (κ3) is 1.11. The van der Waals surface area contributed by atoms with Gasteiger partial charge in [-0.3, -0.25) is 0 Å². The molecule has 0 saturated carbocycles. The van der Waals surface area contributed by atoms with Crippen LogP contribution in [0.25, 0.3) is 0 Å². The van der Waals surface area contributed by atoms with E-state index in [1.54, 1.807) is 0 Å². The van der Waals surface area contributed by atoms with Crippen molar-refractivity contribution in [3.05, 3.63) is 19.9 Å². The molecule has 1 aliphatic rings. The van der Waals surface area contributed by atoms with Crippen molar-refractivity contribution < 1.29 is 35.8 Å². The summed E-state index contributed by atoms with van der Waals surface area (Å²) < 4.78 is 1.41. The van der Waals surface area contributed by atoms with Crippen molar-refractivity contribution in [1.29, 1.82) is 0 Å². The molecule has 0 fully saturated rings. The van der Waals surface area contributed by atoms with E-state index < -0.39 is 0 Å². The Morgan fingerprint density at radius 2 is 2.50 bits per heavy atom. The molecule has 0 bridgehead atoms. The summed E-state index contributed by atoms with van der Waals surface area (Å²) >= 11 is 2.49. The van der Waals surface area contributed by atoms with Gasteiger partial charge in [0.1, 0.15) is 0 Å². The van der Waals surface area contributed by atoms with Crippen molar-refractivity contribution in [1.82, 2.24) is 0 Å². The van der Waals surface area contributed by atoms with Crippen LogP contribution in [0.5, 0.6) is 0 Å². The third-order valence-corrected chi connectivity index (χ3v) is 1.41. The van der Waals surface area contributed by atoms with Crippen LogP contribution in [-0.4, -0.2) is 0 Å². The van der Waals surface area contributed by atoms with Crippen LogP contribution in [0.15, 0.2) is 19.9 Å². The summed E-state index contributed by atoms with van der Waals surface area (Å²) in [6.07, 6.45) is 7.48. The average molecular weight is 230 g/mol. The first kappa shape index (κ1) is 4.89. The molecule has 0 heterocycles. The molecule has 0 unspecified atom stereocenters. The maximum absolute atomic E-state index is 2.49. The van der Waals surface area contributed by atoms with E-state index in [0.29, 0.717) is 0 Å². The molecule has 0 saturated heterocycles. The van der Waals surface area contributed by atoms with E-state index in [2.05, 4.69) is 54.0 Å². The predicted molar refractivity (Wildman–Crippen MR) is 21.8 cm³/mol. The van der Waals surface area contributed by atoms with Crippen molar-refractivity contribution in [3.63, 3.8) is 0 Å². The van der Waals surface area contributed by atoms with Crippen LogP contribution < -0.4 is 0 Å². The van der Waals surface area contributed by atoms with Gasteiger partial charge >= 0.3 is 62.1 Å². The van der Waals surface area contributed by atoms with E-state index in [0.717, 1.165) is 6.42 Å². The van der Waals surface area contributed by atoms with Gasteiger partial charge in [0.15, 0.2) is 0 Å². The molecule has 1 aliphatic carbocycles. The molecule has 0 amide bonds. The van der Waals surface area contributed by atoms with Gasteiger partial charge in [-0.25, -0.2) is 0 Å². The standard InChI is InChI=1S/C5H5.Ho/c1-2-4-5-3-1;/h1-3H,4H2;. The Labute approximate surface area is 61.6 Å². The van der Waals surface area contributed by atoms with E-state index >= 15 is 0 Å². The van der Waals surface area contributed by atoms with E-state index in [1.165, 1.54) is 1.67 Å². The van der Waals surface area contributed by atoms with Gasteiger partial charge in [0, 0.05) is 0 Å². The number of rotatable bonds is 0. The van der Waals surface area contributed by atoms with E-state index in [-0.39, 0.29) is 0 Å². The molecule has 0 aromatic rings. The molecular weight excluding hydrogens is 225 g/mol. The van der Waals surface area contributed by atoms with Crippen LogP contribution in [0, 0.1) is 35.8 Å². The van der Waals surface area contributed by atoms with Crippen LogP contribution in [0.2, 0.25) is 0 Å². The molecule has 36 valence electrons. The Morgan fingerprint density at radius 1 is 1.67 bits per heavy atom. The summed E-state index contributed by atoms with van der Waals surface area (Å²) in [5.74, 6) is 0. The SMILES string of the molecule is [Ho][C]1=CC=CC1. The second-order valence-corrected chi connectivity index (χ2v) is 2.44.